The summed E-state index contributed by atoms with van der Waals surface area (Å²) in [5.74, 6) is -0.157. The van der Waals surface area contributed by atoms with Gasteiger partial charge in [0.05, 0.1) is 12.7 Å². The Bertz CT molecular complexity index is 636. The van der Waals surface area contributed by atoms with E-state index < -0.39 is 0 Å². The number of halogens is 1. The summed E-state index contributed by atoms with van der Waals surface area (Å²) in [7, 11) is 0. The van der Waals surface area contributed by atoms with Crippen molar-refractivity contribution >= 4 is 5.69 Å². The van der Waals surface area contributed by atoms with Crippen LogP contribution in [-0.2, 0) is 4.74 Å². The summed E-state index contributed by atoms with van der Waals surface area (Å²) in [5, 5.41) is 13.0. The van der Waals surface area contributed by atoms with Crippen LogP contribution < -0.4 is 10.2 Å². The molecule has 150 valence electrons. The normalized spacial score (nSPS) is 29.9. The van der Waals surface area contributed by atoms with Crippen LogP contribution >= 0.6 is 0 Å². The largest absolute Gasteiger partial charge is 0.396 e. The van der Waals surface area contributed by atoms with E-state index in [0.717, 1.165) is 64.0 Å². The second-order valence-electron chi connectivity index (χ2n) is 8.37. The highest BCUT2D eigenvalue weighted by atomic mass is 19.1. The van der Waals surface area contributed by atoms with Crippen LogP contribution in [0.5, 0.6) is 0 Å². The van der Waals surface area contributed by atoms with Gasteiger partial charge in [-0.3, -0.25) is 4.90 Å². The number of morpholine rings is 1. The van der Waals surface area contributed by atoms with Gasteiger partial charge in [0.1, 0.15) is 5.82 Å². The van der Waals surface area contributed by atoms with Crippen molar-refractivity contribution in [3.8, 4) is 0 Å². The van der Waals surface area contributed by atoms with Crippen LogP contribution in [0.25, 0.3) is 0 Å². The number of benzene rings is 1. The molecule has 3 atom stereocenters. The number of piperidine rings is 1. The summed E-state index contributed by atoms with van der Waals surface area (Å²) < 4.78 is 19.2. The van der Waals surface area contributed by atoms with E-state index in [1.165, 1.54) is 5.69 Å². The standard InChI is InChI=1S/C21H32FN3O2/c1-15-10-16(22)2-3-21(15)24-7-4-17(5-8-24)23-18-11-19-14-27-20(6-9-26)13-25(19)12-18/h2-3,10,17-20,23,26H,4-9,11-14H2,1H3/t18-,19-,20-/m0/s1. The zero-order chi connectivity index (χ0) is 18.8. The summed E-state index contributed by atoms with van der Waals surface area (Å²) in [6.07, 6.45) is 4.33. The first kappa shape index (κ1) is 19.1. The molecule has 27 heavy (non-hydrogen) atoms. The Hall–Kier alpha value is -1.21. The van der Waals surface area contributed by atoms with Crippen LogP contribution in [0.1, 0.15) is 31.2 Å². The molecule has 0 bridgehead atoms. The molecule has 2 N–H and O–H groups in total. The quantitative estimate of drug-likeness (QED) is 0.821. The van der Waals surface area contributed by atoms with Gasteiger partial charge in [-0.25, -0.2) is 4.39 Å². The maximum Gasteiger partial charge on any atom is 0.123 e. The Morgan fingerprint density at radius 2 is 2.04 bits per heavy atom. The summed E-state index contributed by atoms with van der Waals surface area (Å²) >= 11 is 0. The van der Waals surface area contributed by atoms with Crippen molar-refractivity contribution in [2.45, 2.75) is 56.8 Å². The van der Waals surface area contributed by atoms with Gasteiger partial charge in [0, 0.05) is 56.6 Å². The van der Waals surface area contributed by atoms with Gasteiger partial charge >= 0.3 is 0 Å². The van der Waals surface area contributed by atoms with E-state index in [1.807, 2.05) is 13.0 Å². The molecular formula is C21H32FN3O2. The SMILES string of the molecule is Cc1cc(F)ccc1N1CCC(N[C@H]2C[C@H]3CO[C@@H](CCO)CN3C2)CC1. The van der Waals surface area contributed by atoms with Crippen LogP contribution in [0.3, 0.4) is 0 Å². The third-order valence-electron chi connectivity index (χ3n) is 6.41. The number of fused-ring (bicyclic) bond motifs is 1. The number of aliphatic hydroxyl groups excluding tert-OH is 1. The molecule has 3 aliphatic heterocycles. The molecule has 0 amide bonds. The minimum Gasteiger partial charge on any atom is -0.396 e. The molecule has 3 saturated heterocycles. The first-order valence-corrected chi connectivity index (χ1v) is 10.4. The number of ether oxygens (including phenoxy) is 1. The number of aliphatic hydroxyl groups is 1. The van der Waals surface area contributed by atoms with Crippen molar-refractivity contribution in [2.24, 2.45) is 0 Å². The third kappa shape index (κ3) is 4.45. The van der Waals surface area contributed by atoms with E-state index in [-0.39, 0.29) is 18.5 Å². The maximum absolute atomic E-state index is 13.3. The van der Waals surface area contributed by atoms with Crippen molar-refractivity contribution in [1.82, 2.24) is 10.2 Å². The fourth-order valence-corrected chi connectivity index (χ4v) is 4.98. The first-order chi connectivity index (χ1) is 13.1. The molecule has 4 rings (SSSR count). The molecule has 1 aromatic carbocycles. The topological polar surface area (TPSA) is 48.0 Å². The second-order valence-corrected chi connectivity index (χ2v) is 8.37. The molecule has 3 fully saturated rings. The van der Waals surface area contributed by atoms with Gasteiger partial charge in [-0.2, -0.15) is 0 Å². The molecule has 0 aromatic heterocycles. The van der Waals surface area contributed by atoms with Crippen molar-refractivity contribution in [2.75, 3.05) is 44.3 Å². The fraction of sp³-hybridized carbons (Fsp3) is 0.714. The Kier molecular flexibility index (Phi) is 5.97. The van der Waals surface area contributed by atoms with Crippen molar-refractivity contribution in [3.05, 3.63) is 29.6 Å². The summed E-state index contributed by atoms with van der Waals surface area (Å²) in [6.45, 7) is 7.07. The number of anilines is 1. The van der Waals surface area contributed by atoms with E-state index in [1.54, 1.807) is 12.1 Å². The van der Waals surface area contributed by atoms with Crippen LogP contribution in [0.15, 0.2) is 18.2 Å². The molecule has 0 radical (unpaired) electrons. The number of nitrogens with one attached hydrogen (secondary N) is 1. The number of aryl methyl sites for hydroxylation is 1. The highest BCUT2D eigenvalue weighted by Crippen LogP contribution is 2.27. The lowest BCUT2D eigenvalue weighted by molar-refractivity contribution is -0.0567. The second kappa shape index (κ2) is 8.43. The molecule has 6 heteroatoms. The van der Waals surface area contributed by atoms with Gasteiger partial charge in [-0.05, 0) is 56.4 Å². The number of rotatable bonds is 5. The van der Waals surface area contributed by atoms with Crippen LogP contribution in [0.2, 0.25) is 0 Å². The Labute approximate surface area is 161 Å². The number of nitrogens with zero attached hydrogens (tertiary/aromatic N) is 2. The van der Waals surface area contributed by atoms with Gasteiger partial charge in [0.25, 0.3) is 0 Å². The van der Waals surface area contributed by atoms with Crippen LogP contribution in [0, 0.1) is 12.7 Å². The van der Waals surface area contributed by atoms with Gasteiger partial charge in [0.15, 0.2) is 0 Å². The summed E-state index contributed by atoms with van der Waals surface area (Å²) in [4.78, 5) is 4.93. The molecular weight excluding hydrogens is 345 g/mol. The van der Waals surface area contributed by atoms with Crippen molar-refractivity contribution in [1.29, 1.82) is 0 Å². The predicted octanol–water partition coefficient (Wildman–Crippen LogP) is 1.92. The Morgan fingerprint density at radius 1 is 1.22 bits per heavy atom. The molecule has 5 nitrogen and oxygen atoms in total. The zero-order valence-corrected chi connectivity index (χ0v) is 16.2. The van der Waals surface area contributed by atoms with Gasteiger partial charge in [-0.15, -0.1) is 0 Å². The van der Waals surface area contributed by atoms with E-state index in [2.05, 4.69) is 15.1 Å². The van der Waals surface area contributed by atoms with E-state index >= 15 is 0 Å². The lowest BCUT2D eigenvalue weighted by Crippen LogP contribution is -2.48. The summed E-state index contributed by atoms with van der Waals surface area (Å²) in [5.41, 5.74) is 2.19. The molecule has 0 spiro atoms. The fourth-order valence-electron chi connectivity index (χ4n) is 4.98. The van der Waals surface area contributed by atoms with Gasteiger partial charge in [-0.1, -0.05) is 0 Å². The minimum atomic E-state index is -0.157. The average Bonchev–Trinajstić information content (AvgIpc) is 3.04. The smallest absolute Gasteiger partial charge is 0.123 e. The Morgan fingerprint density at radius 3 is 2.78 bits per heavy atom. The highest BCUT2D eigenvalue weighted by molar-refractivity contribution is 5.53. The Balaban J connectivity index is 1.25. The summed E-state index contributed by atoms with van der Waals surface area (Å²) in [6, 6.07) is 6.72. The first-order valence-electron chi connectivity index (χ1n) is 10.4. The molecule has 3 heterocycles. The monoisotopic (exact) mass is 377 g/mol. The van der Waals surface area contributed by atoms with E-state index in [9.17, 15) is 4.39 Å². The van der Waals surface area contributed by atoms with Gasteiger partial charge < -0.3 is 20.1 Å². The van der Waals surface area contributed by atoms with Crippen LogP contribution in [-0.4, -0.2) is 73.6 Å². The van der Waals surface area contributed by atoms with Crippen molar-refractivity contribution in [3.63, 3.8) is 0 Å². The highest BCUT2D eigenvalue weighted by Gasteiger charge is 2.38. The predicted molar refractivity (Wildman–Crippen MR) is 105 cm³/mol. The molecule has 3 aliphatic rings. The molecule has 0 unspecified atom stereocenters. The molecule has 1 aromatic rings. The number of hydrogen-bond acceptors (Lipinski definition) is 5. The van der Waals surface area contributed by atoms with Gasteiger partial charge in [0.2, 0.25) is 0 Å². The van der Waals surface area contributed by atoms with E-state index in [4.69, 9.17) is 9.84 Å². The molecule has 0 saturated carbocycles. The van der Waals surface area contributed by atoms with Crippen LogP contribution in [0.4, 0.5) is 10.1 Å². The lowest BCUT2D eigenvalue weighted by atomic mass is 10.0. The average molecular weight is 378 g/mol. The zero-order valence-electron chi connectivity index (χ0n) is 16.2. The maximum atomic E-state index is 13.3. The number of hydrogen-bond donors (Lipinski definition) is 2. The third-order valence-corrected chi connectivity index (χ3v) is 6.41. The minimum absolute atomic E-state index is 0.157. The van der Waals surface area contributed by atoms with E-state index in [0.29, 0.717) is 18.1 Å². The lowest BCUT2D eigenvalue weighted by Gasteiger charge is -2.36. The molecule has 0 aliphatic carbocycles. The van der Waals surface area contributed by atoms with Crippen molar-refractivity contribution < 1.29 is 14.2 Å².